The average molecular weight is 346 g/mol. The Morgan fingerprint density at radius 1 is 1.24 bits per heavy atom. The number of aliphatic hydroxyl groups excluding tert-OH is 1. The number of nitro benzene ring substituents is 1. The van der Waals surface area contributed by atoms with Crippen LogP contribution in [0.1, 0.15) is 15.9 Å². The topological polar surface area (TPSA) is 111 Å². The molecule has 2 N–H and O–H groups in total. The standard InChI is InChI=1S/C17H18N2O6/c1-24-14-5-2-12(3-6-14)11-25-17(21)15-10-13(19(22)23)4-7-16(15)18-8-9-20/h2-7,10,18,20H,8-9,11H2,1H3. The lowest BCUT2D eigenvalue weighted by Gasteiger charge is -2.11. The zero-order chi connectivity index (χ0) is 18.2. The predicted molar refractivity (Wildman–Crippen MR) is 90.8 cm³/mol. The summed E-state index contributed by atoms with van der Waals surface area (Å²) in [4.78, 5) is 22.7. The molecule has 2 aromatic rings. The first-order valence-electron chi connectivity index (χ1n) is 7.48. The number of nitrogens with zero attached hydrogens (tertiary/aromatic N) is 1. The monoisotopic (exact) mass is 346 g/mol. The van der Waals surface area contributed by atoms with Gasteiger partial charge < -0.3 is 19.9 Å². The van der Waals surface area contributed by atoms with Crippen LogP contribution in [0.25, 0.3) is 0 Å². The van der Waals surface area contributed by atoms with Crippen LogP contribution >= 0.6 is 0 Å². The maximum absolute atomic E-state index is 12.3. The van der Waals surface area contributed by atoms with Crippen LogP contribution in [0.3, 0.4) is 0 Å². The second-order valence-corrected chi connectivity index (χ2v) is 5.06. The normalized spacial score (nSPS) is 10.2. The molecule has 0 amide bonds. The Morgan fingerprint density at radius 3 is 2.56 bits per heavy atom. The first-order valence-corrected chi connectivity index (χ1v) is 7.48. The molecule has 0 saturated heterocycles. The van der Waals surface area contributed by atoms with Crippen molar-refractivity contribution >= 4 is 17.3 Å². The Labute approximate surface area is 144 Å². The van der Waals surface area contributed by atoms with Gasteiger partial charge in [0.1, 0.15) is 12.4 Å². The van der Waals surface area contributed by atoms with Crippen LogP contribution in [0.5, 0.6) is 5.75 Å². The number of non-ortho nitro benzene ring substituents is 1. The second-order valence-electron chi connectivity index (χ2n) is 5.06. The molecule has 8 nitrogen and oxygen atoms in total. The number of ether oxygens (including phenoxy) is 2. The summed E-state index contributed by atoms with van der Waals surface area (Å²) in [5.74, 6) is -0.00999. The summed E-state index contributed by atoms with van der Waals surface area (Å²) in [6.07, 6.45) is 0. The van der Waals surface area contributed by atoms with Gasteiger partial charge in [0.05, 0.1) is 24.2 Å². The van der Waals surface area contributed by atoms with Gasteiger partial charge in [0.15, 0.2) is 0 Å². The highest BCUT2D eigenvalue weighted by atomic mass is 16.6. The van der Waals surface area contributed by atoms with Gasteiger partial charge in [0, 0.05) is 24.4 Å². The molecule has 0 aromatic heterocycles. The number of rotatable bonds is 8. The van der Waals surface area contributed by atoms with Crippen molar-refractivity contribution in [3.8, 4) is 5.75 Å². The van der Waals surface area contributed by atoms with E-state index in [0.717, 1.165) is 11.6 Å². The van der Waals surface area contributed by atoms with E-state index < -0.39 is 10.9 Å². The Bertz CT molecular complexity index is 745. The number of anilines is 1. The van der Waals surface area contributed by atoms with Gasteiger partial charge in [-0.25, -0.2) is 4.79 Å². The smallest absolute Gasteiger partial charge is 0.340 e. The van der Waals surface area contributed by atoms with E-state index in [-0.39, 0.29) is 31.0 Å². The van der Waals surface area contributed by atoms with E-state index in [0.29, 0.717) is 11.4 Å². The van der Waals surface area contributed by atoms with Crippen molar-refractivity contribution in [2.75, 3.05) is 25.6 Å². The average Bonchev–Trinajstić information content (AvgIpc) is 2.64. The number of carbonyl (C=O) groups excluding carboxylic acids is 1. The molecule has 0 atom stereocenters. The van der Waals surface area contributed by atoms with E-state index in [1.165, 1.54) is 12.1 Å². The summed E-state index contributed by atoms with van der Waals surface area (Å²) in [5.41, 5.74) is 0.936. The fourth-order valence-corrected chi connectivity index (χ4v) is 2.11. The van der Waals surface area contributed by atoms with Gasteiger partial charge in [0.2, 0.25) is 0 Å². The number of nitrogens with one attached hydrogen (secondary N) is 1. The molecule has 0 unspecified atom stereocenters. The molecule has 132 valence electrons. The van der Waals surface area contributed by atoms with E-state index >= 15 is 0 Å². The third-order valence-corrected chi connectivity index (χ3v) is 3.39. The van der Waals surface area contributed by atoms with Crippen LogP contribution in [0.2, 0.25) is 0 Å². The highest BCUT2D eigenvalue weighted by Gasteiger charge is 2.18. The molecule has 2 aromatic carbocycles. The minimum atomic E-state index is -0.694. The quantitative estimate of drug-likeness (QED) is 0.429. The number of aliphatic hydroxyl groups is 1. The summed E-state index contributed by atoms with van der Waals surface area (Å²) in [5, 5.41) is 22.7. The summed E-state index contributed by atoms with van der Waals surface area (Å²) in [6.45, 7) is 0.0822. The fraction of sp³-hybridized carbons (Fsp3) is 0.235. The van der Waals surface area contributed by atoms with Crippen LogP contribution in [0.4, 0.5) is 11.4 Å². The molecule has 8 heteroatoms. The summed E-state index contributed by atoms with van der Waals surface area (Å²) >= 11 is 0. The first kappa shape index (κ1) is 18.2. The summed E-state index contributed by atoms with van der Waals surface area (Å²) in [6, 6.07) is 10.8. The molecule has 0 saturated carbocycles. The zero-order valence-corrected chi connectivity index (χ0v) is 13.6. The van der Waals surface area contributed by atoms with Crippen LogP contribution in [-0.2, 0) is 11.3 Å². The van der Waals surface area contributed by atoms with E-state index in [1.54, 1.807) is 31.4 Å². The van der Waals surface area contributed by atoms with E-state index in [2.05, 4.69) is 5.32 Å². The molecule has 0 fully saturated rings. The summed E-state index contributed by atoms with van der Waals surface area (Å²) < 4.78 is 10.3. The van der Waals surface area contributed by atoms with E-state index in [9.17, 15) is 14.9 Å². The third kappa shape index (κ3) is 4.92. The largest absolute Gasteiger partial charge is 0.497 e. The maximum Gasteiger partial charge on any atom is 0.340 e. The molecular formula is C17H18N2O6. The Kier molecular flexibility index (Phi) is 6.30. The van der Waals surface area contributed by atoms with Gasteiger partial charge in [-0.15, -0.1) is 0 Å². The fourth-order valence-electron chi connectivity index (χ4n) is 2.11. The molecular weight excluding hydrogens is 328 g/mol. The molecule has 0 bridgehead atoms. The molecule has 25 heavy (non-hydrogen) atoms. The van der Waals surface area contributed by atoms with Crippen molar-refractivity contribution in [1.82, 2.24) is 0 Å². The molecule has 0 heterocycles. The lowest BCUT2D eigenvalue weighted by atomic mass is 10.1. The highest BCUT2D eigenvalue weighted by Crippen LogP contribution is 2.23. The Balaban J connectivity index is 2.14. The van der Waals surface area contributed by atoms with Crippen LogP contribution in [-0.4, -0.2) is 36.3 Å². The van der Waals surface area contributed by atoms with Crippen LogP contribution in [0, 0.1) is 10.1 Å². The van der Waals surface area contributed by atoms with Crippen molar-refractivity contribution in [1.29, 1.82) is 0 Å². The van der Waals surface area contributed by atoms with Gasteiger partial charge in [-0.3, -0.25) is 10.1 Å². The minimum absolute atomic E-state index is 0.0188. The highest BCUT2D eigenvalue weighted by molar-refractivity contribution is 5.96. The number of carbonyl (C=O) groups is 1. The van der Waals surface area contributed by atoms with Crippen molar-refractivity contribution in [2.45, 2.75) is 6.61 Å². The maximum atomic E-state index is 12.3. The molecule has 2 rings (SSSR count). The van der Waals surface area contributed by atoms with Gasteiger partial charge in [-0.1, -0.05) is 12.1 Å². The van der Waals surface area contributed by atoms with Crippen molar-refractivity contribution in [3.63, 3.8) is 0 Å². The Morgan fingerprint density at radius 2 is 1.96 bits per heavy atom. The number of methoxy groups -OCH3 is 1. The Hall–Kier alpha value is -3.13. The summed E-state index contributed by atoms with van der Waals surface area (Å²) in [7, 11) is 1.55. The van der Waals surface area contributed by atoms with Gasteiger partial charge in [-0.2, -0.15) is 0 Å². The van der Waals surface area contributed by atoms with E-state index in [1.807, 2.05) is 0 Å². The molecule has 0 radical (unpaired) electrons. The lowest BCUT2D eigenvalue weighted by molar-refractivity contribution is -0.384. The SMILES string of the molecule is COc1ccc(COC(=O)c2cc([N+](=O)[O-])ccc2NCCO)cc1. The van der Waals surface area contributed by atoms with Crippen molar-refractivity contribution in [3.05, 3.63) is 63.7 Å². The first-order chi connectivity index (χ1) is 12.0. The number of nitro groups is 1. The minimum Gasteiger partial charge on any atom is -0.497 e. The van der Waals surface area contributed by atoms with Gasteiger partial charge in [0.25, 0.3) is 5.69 Å². The lowest BCUT2D eigenvalue weighted by Crippen LogP contribution is -2.13. The van der Waals surface area contributed by atoms with Crippen LogP contribution < -0.4 is 10.1 Å². The van der Waals surface area contributed by atoms with Gasteiger partial charge in [-0.05, 0) is 23.8 Å². The van der Waals surface area contributed by atoms with Crippen LogP contribution in [0.15, 0.2) is 42.5 Å². The molecule has 0 aliphatic carbocycles. The molecule has 0 spiro atoms. The molecule has 0 aliphatic rings. The van der Waals surface area contributed by atoms with Gasteiger partial charge >= 0.3 is 5.97 Å². The number of benzene rings is 2. The third-order valence-electron chi connectivity index (χ3n) is 3.39. The number of esters is 1. The second kappa shape index (κ2) is 8.65. The van der Waals surface area contributed by atoms with Crippen molar-refractivity contribution in [2.24, 2.45) is 0 Å². The molecule has 0 aliphatic heterocycles. The number of hydrogen-bond acceptors (Lipinski definition) is 7. The van der Waals surface area contributed by atoms with Crippen molar-refractivity contribution < 1.29 is 24.3 Å². The number of hydrogen-bond donors (Lipinski definition) is 2. The zero-order valence-electron chi connectivity index (χ0n) is 13.6. The predicted octanol–water partition coefficient (Wildman–Crippen LogP) is 2.36. The van der Waals surface area contributed by atoms with E-state index in [4.69, 9.17) is 14.6 Å².